The molecule has 180 valence electrons. The fraction of sp³-hybridized carbons (Fsp3) is 0.400. The molecular formula is C25H27F2N3O4. The number of nitrogens with zero attached hydrogens (tertiary/aromatic N) is 3. The van der Waals surface area contributed by atoms with Gasteiger partial charge in [0.2, 0.25) is 11.6 Å². The molecule has 0 saturated heterocycles. The number of ether oxygens (including phenoxy) is 3. The molecule has 0 spiro atoms. The molecule has 7 nitrogen and oxygen atoms in total. The smallest absolute Gasteiger partial charge is 0.364 e. The van der Waals surface area contributed by atoms with Crippen molar-refractivity contribution < 1.29 is 27.8 Å². The number of alkyl halides is 2. The van der Waals surface area contributed by atoms with Crippen molar-refractivity contribution in [3.05, 3.63) is 65.4 Å². The highest BCUT2D eigenvalue weighted by Gasteiger charge is 2.35. The summed E-state index contributed by atoms with van der Waals surface area (Å²) in [5, 5.41) is 8.08. The van der Waals surface area contributed by atoms with Gasteiger partial charge in [0.05, 0.1) is 20.3 Å². The quantitative estimate of drug-likeness (QED) is 0.398. The third-order valence-electron chi connectivity index (χ3n) is 5.93. The lowest BCUT2D eigenvalue weighted by molar-refractivity contribution is -0.0382. The van der Waals surface area contributed by atoms with Crippen LogP contribution >= 0.6 is 0 Å². The molecule has 1 aliphatic carbocycles. The van der Waals surface area contributed by atoms with Gasteiger partial charge < -0.3 is 14.2 Å². The van der Waals surface area contributed by atoms with E-state index in [4.69, 9.17) is 14.2 Å². The molecule has 2 aromatic carbocycles. The van der Waals surface area contributed by atoms with Gasteiger partial charge in [-0.2, -0.15) is 0 Å². The van der Waals surface area contributed by atoms with Crippen molar-refractivity contribution in [2.75, 3.05) is 13.7 Å². The second-order valence-corrected chi connectivity index (χ2v) is 8.27. The summed E-state index contributed by atoms with van der Waals surface area (Å²) in [7, 11) is 1.60. The van der Waals surface area contributed by atoms with Gasteiger partial charge in [0.25, 0.3) is 5.88 Å². The SMILES string of the molecule is CCOC(=O)c1nnn(Cc2ccc(OC)cc2)c1Oc1ccc(C2CCC(F)(F)CC2)cc1. The first-order valence-electron chi connectivity index (χ1n) is 11.3. The van der Waals surface area contributed by atoms with E-state index in [-0.39, 0.29) is 36.9 Å². The van der Waals surface area contributed by atoms with Gasteiger partial charge in [0.1, 0.15) is 11.5 Å². The lowest BCUT2D eigenvalue weighted by atomic mass is 9.82. The lowest BCUT2D eigenvalue weighted by Gasteiger charge is -2.28. The zero-order valence-electron chi connectivity index (χ0n) is 19.2. The number of hydrogen-bond acceptors (Lipinski definition) is 6. The Labute approximate surface area is 196 Å². The first-order valence-corrected chi connectivity index (χ1v) is 11.3. The van der Waals surface area contributed by atoms with Gasteiger partial charge in [-0.25, -0.2) is 18.3 Å². The Bertz CT molecular complexity index is 1100. The van der Waals surface area contributed by atoms with Crippen molar-refractivity contribution in [2.24, 2.45) is 0 Å². The first-order chi connectivity index (χ1) is 16.4. The van der Waals surface area contributed by atoms with Crippen LogP contribution in [0.1, 0.15) is 60.1 Å². The maximum absolute atomic E-state index is 13.5. The van der Waals surface area contributed by atoms with Crippen LogP contribution in [0.5, 0.6) is 17.4 Å². The van der Waals surface area contributed by atoms with E-state index in [0.717, 1.165) is 16.9 Å². The number of halogens is 2. The highest BCUT2D eigenvalue weighted by atomic mass is 19.3. The fourth-order valence-corrected chi connectivity index (χ4v) is 4.03. The van der Waals surface area contributed by atoms with Crippen LogP contribution in [0, 0.1) is 0 Å². The molecule has 0 atom stereocenters. The van der Waals surface area contributed by atoms with E-state index in [1.807, 2.05) is 36.4 Å². The van der Waals surface area contributed by atoms with Crippen LogP contribution < -0.4 is 9.47 Å². The van der Waals surface area contributed by atoms with Gasteiger partial charge >= 0.3 is 5.97 Å². The summed E-state index contributed by atoms with van der Waals surface area (Å²) in [5.74, 6) is -1.71. The number of hydrogen-bond donors (Lipinski definition) is 0. The molecule has 1 aliphatic rings. The molecule has 0 unspecified atom stereocenters. The molecule has 9 heteroatoms. The van der Waals surface area contributed by atoms with Crippen LogP contribution in [-0.2, 0) is 11.3 Å². The third-order valence-corrected chi connectivity index (χ3v) is 5.93. The van der Waals surface area contributed by atoms with Crippen molar-refractivity contribution in [1.29, 1.82) is 0 Å². The number of carbonyl (C=O) groups is 1. The van der Waals surface area contributed by atoms with Gasteiger partial charge in [0.15, 0.2) is 0 Å². The maximum Gasteiger partial charge on any atom is 0.364 e. The number of carbonyl (C=O) groups excluding carboxylic acids is 1. The second-order valence-electron chi connectivity index (χ2n) is 8.27. The molecule has 0 N–H and O–H groups in total. The highest BCUT2D eigenvalue weighted by molar-refractivity contribution is 5.89. The van der Waals surface area contributed by atoms with Crippen LogP contribution in [0.15, 0.2) is 48.5 Å². The van der Waals surface area contributed by atoms with Gasteiger partial charge in [-0.3, -0.25) is 0 Å². The first kappa shape index (κ1) is 23.7. The zero-order chi connectivity index (χ0) is 24.1. The van der Waals surface area contributed by atoms with Gasteiger partial charge in [-0.15, -0.1) is 5.10 Å². The van der Waals surface area contributed by atoms with Crippen LogP contribution in [0.2, 0.25) is 0 Å². The predicted molar refractivity (Wildman–Crippen MR) is 121 cm³/mol. The van der Waals surface area contributed by atoms with Gasteiger partial charge in [0, 0.05) is 12.8 Å². The van der Waals surface area contributed by atoms with Crippen LogP contribution in [-0.4, -0.2) is 40.6 Å². The molecule has 1 heterocycles. The summed E-state index contributed by atoms with van der Waals surface area (Å²) >= 11 is 0. The van der Waals surface area contributed by atoms with Crippen molar-refractivity contribution in [3.8, 4) is 17.4 Å². The molecule has 3 aromatic rings. The largest absolute Gasteiger partial charge is 0.497 e. The fourth-order valence-electron chi connectivity index (χ4n) is 4.03. The summed E-state index contributed by atoms with van der Waals surface area (Å²) in [4.78, 5) is 12.4. The molecular weight excluding hydrogens is 444 g/mol. The van der Waals surface area contributed by atoms with Crippen molar-refractivity contribution in [1.82, 2.24) is 15.0 Å². The number of esters is 1. The highest BCUT2D eigenvalue weighted by Crippen LogP contribution is 2.41. The van der Waals surface area contributed by atoms with Gasteiger partial charge in [-0.05, 0) is 61.1 Å². The minimum absolute atomic E-state index is 0.0195. The number of methoxy groups -OCH3 is 1. The predicted octanol–water partition coefficient (Wildman–Crippen LogP) is 5.60. The molecule has 0 aliphatic heterocycles. The van der Waals surface area contributed by atoms with Crippen LogP contribution in [0.25, 0.3) is 0 Å². The van der Waals surface area contributed by atoms with E-state index in [9.17, 15) is 13.6 Å². The van der Waals surface area contributed by atoms with E-state index in [1.165, 1.54) is 4.68 Å². The summed E-state index contributed by atoms with van der Waals surface area (Å²) in [5.41, 5.74) is 1.89. The molecule has 0 amide bonds. The molecule has 4 rings (SSSR count). The number of rotatable bonds is 8. The van der Waals surface area contributed by atoms with Crippen molar-refractivity contribution in [2.45, 2.75) is 51.0 Å². The average molecular weight is 472 g/mol. The molecule has 0 radical (unpaired) electrons. The Kier molecular flexibility index (Phi) is 7.09. The minimum atomic E-state index is -2.56. The molecule has 1 fully saturated rings. The van der Waals surface area contributed by atoms with E-state index in [1.54, 1.807) is 26.2 Å². The zero-order valence-corrected chi connectivity index (χ0v) is 19.2. The number of aromatic nitrogens is 3. The van der Waals surface area contributed by atoms with E-state index >= 15 is 0 Å². The van der Waals surface area contributed by atoms with E-state index < -0.39 is 11.9 Å². The topological polar surface area (TPSA) is 75.5 Å². The maximum atomic E-state index is 13.5. The summed E-state index contributed by atoms with van der Waals surface area (Å²) in [6.45, 7) is 2.22. The van der Waals surface area contributed by atoms with E-state index in [0.29, 0.717) is 25.1 Å². The molecule has 1 saturated carbocycles. The Hall–Kier alpha value is -3.49. The lowest BCUT2D eigenvalue weighted by Crippen LogP contribution is -2.23. The summed E-state index contributed by atoms with van der Waals surface area (Å²) in [6.07, 6.45) is 0.738. The monoisotopic (exact) mass is 471 g/mol. The summed E-state index contributed by atoms with van der Waals surface area (Å²) < 4.78 is 44.8. The molecule has 0 bridgehead atoms. The van der Waals surface area contributed by atoms with Crippen LogP contribution in [0.3, 0.4) is 0 Å². The normalized spacial score (nSPS) is 15.6. The van der Waals surface area contributed by atoms with Crippen molar-refractivity contribution >= 4 is 5.97 Å². The summed E-state index contributed by atoms with van der Waals surface area (Å²) in [6, 6.07) is 14.7. The third kappa shape index (κ3) is 5.52. The standard InChI is InChI=1S/C25H27F2N3O4/c1-3-33-24(31)22-23(30(29-28-22)16-17-4-8-20(32-2)9-5-17)34-21-10-6-18(7-11-21)19-12-14-25(26,27)15-13-19/h4-11,19H,3,12-16H2,1-2H3. The van der Waals surface area contributed by atoms with E-state index in [2.05, 4.69) is 10.3 Å². The van der Waals surface area contributed by atoms with Gasteiger partial charge in [-0.1, -0.05) is 29.5 Å². The Balaban J connectivity index is 1.54. The average Bonchev–Trinajstić information content (AvgIpc) is 3.22. The van der Waals surface area contributed by atoms with Crippen LogP contribution in [0.4, 0.5) is 8.78 Å². The molecule has 34 heavy (non-hydrogen) atoms. The Morgan fingerprint density at radius 3 is 2.32 bits per heavy atom. The number of benzene rings is 2. The Morgan fingerprint density at radius 1 is 1.06 bits per heavy atom. The minimum Gasteiger partial charge on any atom is -0.497 e. The molecule has 1 aromatic heterocycles. The van der Waals surface area contributed by atoms with Crippen molar-refractivity contribution in [3.63, 3.8) is 0 Å². The second kappa shape index (κ2) is 10.2. The Morgan fingerprint density at radius 2 is 1.71 bits per heavy atom.